The minimum atomic E-state index is -3.92. The van der Waals surface area contributed by atoms with Crippen molar-refractivity contribution in [2.75, 3.05) is 32.5 Å². The average Bonchev–Trinajstić information content (AvgIpc) is 2.86. The number of benzene rings is 2. The van der Waals surface area contributed by atoms with Gasteiger partial charge < -0.3 is 20.2 Å². The van der Waals surface area contributed by atoms with E-state index in [0.29, 0.717) is 16.8 Å². The summed E-state index contributed by atoms with van der Waals surface area (Å²) in [5.74, 6) is -0.108. The summed E-state index contributed by atoms with van der Waals surface area (Å²) in [5, 5.41) is 14.5. The molecule has 2 aromatic rings. The van der Waals surface area contributed by atoms with Gasteiger partial charge in [0.15, 0.2) is 0 Å². The van der Waals surface area contributed by atoms with Gasteiger partial charge in [-0.15, -0.1) is 0 Å². The number of nitrogens with zero attached hydrogens (tertiary/aromatic N) is 2. The Kier molecular flexibility index (Phi) is 7.48. The average molecular weight is 515 g/mol. The lowest BCUT2D eigenvalue weighted by atomic mass is 9.82. The first-order chi connectivity index (χ1) is 16.9. The van der Waals surface area contributed by atoms with Gasteiger partial charge in [-0.1, -0.05) is 19.1 Å². The predicted octanol–water partition coefficient (Wildman–Crippen LogP) is 3.00. The predicted molar refractivity (Wildman–Crippen MR) is 142 cm³/mol. The molecule has 0 aliphatic carbocycles. The van der Waals surface area contributed by atoms with Gasteiger partial charge in [-0.3, -0.25) is 4.79 Å². The molecule has 0 saturated carbocycles. The van der Waals surface area contributed by atoms with E-state index in [1.807, 2.05) is 27.8 Å². The molecule has 0 bridgehead atoms. The lowest BCUT2D eigenvalue weighted by Gasteiger charge is -2.43. The lowest BCUT2D eigenvalue weighted by molar-refractivity contribution is 0.0657. The van der Waals surface area contributed by atoms with Crippen LogP contribution < -0.4 is 10.0 Å². The number of piperidine rings is 1. The summed E-state index contributed by atoms with van der Waals surface area (Å²) >= 11 is 0. The topological polar surface area (TPSA) is 102 Å². The maximum absolute atomic E-state index is 13.4. The van der Waals surface area contributed by atoms with E-state index in [1.165, 1.54) is 0 Å². The number of nitrogens with one attached hydrogen (secondary N) is 2. The standard InChI is InChI=1S/C27H38N4O4S/c1-6-18-7-10-21(11-8-18)36(34,35)29-24-22-17-19(9-12-23(22)28-27(2,3)25(24)32)26(33)31(5)20-13-15-30(4)16-14-20/h7-12,17,20,24-25,28-29,32H,6,13-16H2,1-5H3/t24-,25+/m1/s1. The molecule has 2 atom stereocenters. The molecule has 9 heteroatoms. The van der Waals surface area contributed by atoms with Crippen molar-refractivity contribution in [3.63, 3.8) is 0 Å². The lowest BCUT2D eigenvalue weighted by Crippen LogP contribution is -2.54. The van der Waals surface area contributed by atoms with Crippen LogP contribution in [0.5, 0.6) is 0 Å². The third-order valence-electron chi connectivity index (χ3n) is 7.63. The zero-order chi connectivity index (χ0) is 26.3. The number of aliphatic hydroxyl groups excluding tert-OH is 1. The number of carbonyl (C=O) groups is 1. The van der Waals surface area contributed by atoms with Gasteiger partial charge in [-0.05, 0) is 94.7 Å². The summed E-state index contributed by atoms with van der Waals surface area (Å²) in [7, 11) is -0.00875. The van der Waals surface area contributed by atoms with Crippen molar-refractivity contribution >= 4 is 21.6 Å². The number of hydrogen-bond acceptors (Lipinski definition) is 6. The molecular formula is C27H38N4O4S. The smallest absolute Gasteiger partial charge is 0.253 e. The van der Waals surface area contributed by atoms with Crippen molar-refractivity contribution in [2.24, 2.45) is 0 Å². The Morgan fingerprint density at radius 1 is 1.17 bits per heavy atom. The molecular weight excluding hydrogens is 476 g/mol. The van der Waals surface area contributed by atoms with Crippen LogP contribution in [0.3, 0.4) is 0 Å². The van der Waals surface area contributed by atoms with Gasteiger partial charge in [0.25, 0.3) is 5.91 Å². The molecule has 0 spiro atoms. The summed E-state index contributed by atoms with van der Waals surface area (Å²) in [4.78, 5) is 17.6. The Morgan fingerprint density at radius 2 is 1.81 bits per heavy atom. The molecule has 0 unspecified atom stereocenters. The van der Waals surface area contributed by atoms with E-state index in [9.17, 15) is 18.3 Å². The zero-order valence-corrected chi connectivity index (χ0v) is 22.6. The third kappa shape index (κ3) is 5.29. The molecule has 1 fully saturated rings. The molecule has 3 N–H and O–H groups in total. The molecule has 196 valence electrons. The van der Waals surface area contributed by atoms with Gasteiger partial charge in [0, 0.05) is 24.3 Å². The monoisotopic (exact) mass is 514 g/mol. The zero-order valence-electron chi connectivity index (χ0n) is 21.8. The number of carbonyl (C=O) groups excluding carboxylic acids is 1. The summed E-state index contributed by atoms with van der Waals surface area (Å²) in [6, 6.07) is 11.3. The van der Waals surface area contributed by atoms with E-state index in [4.69, 9.17) is 0 Å². The molecule has 2 heterocycles. The van der Waals surface area contributed by atoms with E-state index < -0.39 is 27.7 Å². The van der Waals surface area contributed by atoms with Crippen molar-refractivity contribution in [3.8, 4) is 0 Å². The SMILES string of the molecule is CCc1ccc(S(=O)(=O)N[C@@H]2c3cc(C(=O)N(C)C4CCN(C)CC4)ccc3NC(C)(C)[C@H]2O)cc1. The maximum Gasteiger partial charge on any atom is 0.253 e. The number of likely N-dealkylation sites (tertiary alicyclic amines) is 1. The van der Waals surface area contributed by atoms with E-state index >= 15 is 0 Å². The quantitative estimate of drug-likeness (QED) is 0.548. The normalized spacial score (nSPS) is 22.5. The Morgan fingerprint density at radius 3 is 2.42 bits per heavy atom. The highest BCUT2D eigenvalue weighted by atomic mass is 32.2. The van der Waals surface area contributed by atoms with E-state index in [-0.39, 0.29) is 16.8 Å². The van der Waals surface area contributed by atoms with Crippen LogP contribution in [0.4, 0.5) is 5.69 Å². The molecule has 2 aliphatic heterocycles. The molecule has 8 nitrogen and oxygen atoms in total. The second kappa shape index (κ2) is 10.1. The fourth-order valence-electron chi connectivity index (χ4n) is 5.09. The van der Waals surface area contributed by atoms with Crippen LogP contribution in [0.1, 0.15) is 61.1 Å². The second-order valence-electron chi connectivity index (χ2n) is 10.6. The van der Waals surface area contributed by atoms with Crippen molar-refractivity contribution in [1.82, 2.24) is 14.5 Å². The first-order valence-corrected chi connectivity index (χ1v) is 14.1. The number of hydrogen-bond donors (Lipinski definition) is 3. The fourth-order valence-corrected chi connectivity index (χ4v) is 6.31. The number of fused-ring (bicyclic) bond motifs is 1. The first-order valence-electron chi connectivity index (χ1n) is 12.6. The van der Waals surface area contributed by atoms with Crippen LogP contribution in [0.15, 0.2) is 47.4 Å². The molecule has 1 amide bonds. The number of aliphatic hydroxyl groups is 1. The van der Waals surface area contributed by atoms with Crippen molar-refractivity contribution < 1.29 is 18.3 Å². The molecule has 4 rings (SSSR count). The number of amides is 1. The van der Waals surface area contributed by atoms with E-state index in [1.54, 1.807) is 47.4 Å². The number of anilines is 1. The van der Waals surface area contributed by atoms with E-state index in [0.717, 1.165) is 37.9 Å². The van der Waals surface area contributed by atoms with Gasteiger partial charge in [-0.2, -0.15) is 0 Å². The molecule has 0 radical (unpaired) electrons. The highest BCUT2D eigenvalue weighted by molar-refractivity contribution is 7.89. The summed E-state index contributed by atoms with van der Waals surface area (Å²) in [6.45, 7) is 7.55. The van der Waals surface area contributed by atoms with Crippen molar-refractivity contribution in [1.29, 1.82) is 0 Å². The Balaban J connectivity index is 1.65. The van der Waals surface area contributed by atoms with Crippen molar-refractivity contribution in [2.45, 2.75) is 68.7 Å². The van der Waals surface area contributed by atoms with Crippen LogP contribution in [-0.2, 0) is 16.4 Å². The van der Waals surface area contributed by atoms with Gasteiger partial charge in [0.1, 0.15) is 0 Å². The highest BCUT2D eigenvalue weighted by Crippen LogP contribution is 2.39. The molecule has 1 saturated heterocycles. The maximum atomic E-state index is 13.4. The highest BCUT2D eigenvalue weighted by Gasteiger charge is 2.43. The molecule has 36 heavy (non-hydrogen) atoms. The van der Waals surface area contributed by atoms with Crippen LogP contribution >= 0.6 is 0 Å². The minimum Gasteiger partial charge on any atom is -0.389 e. The van der Waals surface area contributed by atoms with Gasteiger partial charge in [0.05, 0.1) is 22.6 Å². The van der Waals surface area contributed by atoms with Crippen LogP contribution in [0, 0.1) is 0 Å². The fraction of sp³-hybridized carbons (Fsp3) is 0.519. The molecule has 2 aromatic carbocycles. The Bertz CT molecular complexity index is 1200. The van der Waals surface area contributed by atoms with Crippen LogP contribution in [0.25, 0.3) is 0 Å². The Hall–Kier alpha value is -2.46. The molecule has 2 aliphatic rings. The van der Waals surface area contributed by atoms with Gasteiger partial charge >= 0.3 is 0 Å². The van der Waals surface area contributed by atoms with Crippen LogP contribution in [0.2, 0.25) is 0 Å². The number of sulfonamides is 1. The van der Waals surface area contributed by atoms with Gasteiger partial charge in [0.2, 0.25) is 10.0 Å². The van der Waals surface area contributed by atoms with Gasteiger partial charge in [-0.25, -0.2) is 13.1 Å². The largest absolute Gasteiger partial charge is 0.389 e. The number of aryl methyl sites for hydroxylation is 1. The van der Waals surface area contributed by atoms with Crippen LogP contribution in [-0.4, -0.2) is 74.1 Å². The minimum absolute atomic E-state index is 0.108. The van der Waals surface area contributed by atoms with E-state index in [2.05, 4.69) is 22.0 Å². The Labute approximate surface area is 214 Å². The first kappa shape index (κ1) is 26.6. The second-order valence-corrected chi connectivity index (χ2v) is 12.4. The number of rotatable bonds is 6. The summed E-state index contributed by atoms with van der Waals surface area (Å²) in [6.07, 6.45) is 1.58. The van der Waals surface area contributed by atoms with Crippen molar-refractivity contribution in [3.05, 3.63) is 59.2 Å². The molecule has 0 aromatic heterocycles. The summed E-state index contributed by atoms with van der Waals surface area (Å²) in [5.41, 5.74) is 1.97. The third-order valence-corrected chi connectivity index (χ3v) is 9.08. The summed E-state index contributed by atoms with van der Waals surface area (Å²) < 4.78 is 29.3.